The minimum absolute atomic E-state index is 0.0314. The lowest BCUT2D eigenvalue weighted by Gasteiger charge is -2.13. The van der Waals surface area contributed by atoms with E-state index in [0.29, 0.717) is 5.69 Å². The van der Waals surface area contributed by atoms with Crippen LogP contribution in [0.3, 0.4) is 0 Å². The molecule has 0 bridgehead atoms. The van der Waals surface area contributed by atoms with E-state index in [1.807, 2.05) is 0 Å². The molecule has 0 atom stereocenters. The van der Waals surface area contributed by atoms with Crippen LogP contribution in [0.1, 0.15) is 0 Å². The monoisotopic (exact) mass is 389 g/mol. The van der Waals surface area contributed by atoms with E-state index in [0.717, 1.165) is 6.07 Å². The van der Waals surface area contributed by atoms with Crippen molar-refractivity contribution in [3.63, 3.8) is 0 Å². The second kappa shape index (κ2) is 7.57. The second-order valence-corrected chi connectivity index (χ2v) is 5.67. The Kier molecular flexibility index (Phi) is 5.71. The quantitative estimate of drug-likeness (QED) is 0.561. The van der Waals surface area contributed by atoms with Crippen LogP contribution < -0.4 is 15.4 Å². The number of halogens is 3. The summed E-state index contributed by atoms with van der Waals surface area (Å²) in [5.74, 6) is 0.259. The minimum Gasteiger partial charge on any atom is -0.453 e. The molecule has 24 heavy (non-hydrogen) atoms. The molecule has 0 radical (unpaired) electrons. The van der Waals surface area contributed by atoms with Gasteiger partial charge in [-0.25, -0.2) is 4.79 Å². The number of non-ortho nitro benzene ring substituents is 1. The van der Waals surface area contributed by atoms with Crippen molar-refractivity contribution in [1.82, 2.24) is 5.32 Å². The third kappa shape index (κ3) is 4.19. The maximum atomic E-state index is 11.3. The third-order valence-electron chi connectivity index (χ3n) is 2.82. The highest BCUT2D eigenvalue weighted by Crippen LogP contribution is 2.41. The van der Waals surface area contributed by atoms with E-state index < -0.39 is 11.0 Å². The van der Waals surface area contributed by atoms with Crippen LogP contribution in [0, 0.1) is 10.1 Å². The van der Waals surface area contributed by atoms with Gasteiger partial charge in [0.05, 0.1) is 20.0 Å². The minimum atomic E-state index is -0.575. The number of anilines is 1. The number of urea groups is 1. The molecule has 0 aliphatic rings. The fraction of sp³-hybridized carbons (Fsp3) is 0.0714. The van der Waals surface area contributed by atoms with Crippen LogP contribution >= 0.6 is 34.8 Å². The number of carbonyl (C=O) groups excluding carboxylic acids is 1. The van der Waals surface area contributed by atoms with Gasteiger partial charge in [0, 0.05) is 24.9 Å². The van der Waals surface area contributed by atoms with Gasteiger partial charge in [-0.1, -0.05) is 34.8 Å². The molecule has 0 aromatic heterocycles. The summed E-state index contributed by atoms with van der Waals surface area (Å²) in [6.45, 7) is 0. The van der Waals surface area contributed by atoms with Crippen molar-refractivity contribution in [3.8, 4) is 11.5 Å². The number of nitrogens with zero attached hydrogens (tertiary/aromatic N) is 1. The van der Waals surface area contributed by atoms with Crippen molar-refractivity contribution in [1.29, 1.82) is 0 Å². The van der Waals surface area contributed by atoms with Crippen LogP contribution in [0.25, 0.3) is 0 Å². The van der Waals surface area contributed by atoms with Gasteiger partial charge in [-0.2, -0.15) is 0 Å². The van der Waals surface area contributed by atoms with E-state index in [4.69, 9.17) is 39.5 Å². The summed E-state index contributed by atoms with van der Waals surface area (Å²) in [4.78, 5) is 21.4. The van der Waals surface area contributed by atoms with E-state index in [-0.39, 0.29) is 32.3 Å². The predicted molar refractivity (Wildman–Crippen MR) is 92.7 cm³/mol. The van der Waals surface area contributed by atoms with Gasteiger partial charge in [0.25, 0.3) is 5.69 Å². The Morgan fingerprint density at radius 1 is 1.12 bits per heavy atom. The molecule has 10 heteroatoms. The smallest absolute Gasteiger partial charge is 0.318 e. The molecule has 0 heterocycles. The lowest BCUT2D eigenvalue weighted by atomic mass is 10.2. The molecule has 0 aliphatic heterocycles. The molecule has 2 rings (SSSR count). The Morgan fingerprint density at radius 3 is 2.25 bits per heavy atom. The van der Waals surface area contributed by atoms with Crippen LogP contribution in [-0.2, 0) is 0 Å². The zero-order valence-electron chi connectivity index (χ0n) is 12.1. The summed E-state index contributed by atoms with van der Waals surface area (Å²) < 4.78 is 5.54. The van der Waals surface area contributed by atoms with Gasteiger partial charge in [-0.15, -0.1) is 0 Å². The molecule has 2 aromatic rings. The summed E-state index contributed by atoms with van der Waals surface area (Å²) in [6.07, 6.45) is 0. The molecule has 0 aliphatic carbocycles. The Balaban J connectivity index is 2.30. The molecule has 0 saturated carbocycles. The zero-order chi connectivity index (χ0) is 17.9. The van der Waals surface area contributed by atoms with Gasteiger partial charge in [0.2, 0.25) is 0 Å². The number of nitrogens with one attached hydrogen (secondary N) is 2. The first-order valence-electron chi connectivity index (χ1n) is 6.41. The van der Waals surface area contributed by atoms with E-state index >= 15 is 0 Å². The summed E-state index contributed by atoms with van der Waals surface area (Å²) in [5.41, 5.74) is 0.196. The van der Waals surface area contributed by atoms with Gasteiger partial charge in [0.1, 0.15) is 5.75 Å². The molecule has 2 amide bonds. The highest BCUT2D eigenvalue weighted by molar-refractivity contribution is 6.38. The number of rotatable bonds is 4. The van der Waals surface area contributed by atoms with E-state index in [9.17, 15) is 14.9 Å². The lowest BCUT2D eigenvalue weighted by Crippen LogP contribution is -2.24. The normalized spacial score (nSPS) is 10.2. The third-order valence-corrected chi connectivity index (χ3v) is 3.68. The fourth-order valence-corrected chi connectivity index (χ4v) is 2.50. The first-order chi connectivity index (χ1) is 11.3. The molecule has 0 fully saturated rings. The van der Waals surface area contributed by atoms with E-state index in [1.165, 1.54) is 31.3 Å². The fourth-order valence-electron chi connectivity index (χ4n) is 1.72. The van der Waals surface area contributed by atoms with Crippen molar-refractivity contribution < 1.29 is 14.5 Å². The SMILES string of the molecule is CNC(=O)Nc1cc(Cl)c(Oc2ccc([N+](=O)[O-])cc2Cl)c(Cl)c1. The summed E-state index contributed by atoms with van der Waals surface area (Å²) in [7, 11) is 1.46. The number of amides is 2. The molecule has 0 saturated heterocycles. The highest BCUT2D eigenvalue weighted by Gasteiger charge is 2.16. The maximum absolute atomic E-state index is 11.3. The Hall–Kier alpha value is -2.22. The first kappa shape index (κ1) is 18.1. The average molecular weight is 391 g/mol. The van der Waals surface area contributed by atoms with Gasteiger partial charge < -0.3 is 15.4 Å². The van der Waals surface area contributed by atoms with Crippen LogP contribution in [0.4, 0.5) is 16.2 Å². The number of benzene rings is 2. The van der Waals surface area contributed by atoms with Crippen molar-refractivity contribution in [2.45, 2.75) is 0 Å². The second-order valence-electron chi connectivity index (χ2n) is 4.45. The maximum Gasteiger partial charge on any atom is 0.318 e. The molecule has 0 unspecified atom stereocenters. The number of hydrogen-bond acceptors (Lipinski definition) is 4. The standard InChI is InChI=1S/C14H10Cl3N3O4/c1-18-14(21)19-7-4-10(16)13(11(17)5-7)24-12-3-2-8(20(22)23)6-9(12)15/h2-6H,1H3,(H2,18,19,21). The van der Waals surface area contributed by atoms with E-state index in [2.05, 4.69) is 10.6 Å². The molecule has 0 spiro atoms. The van der Waals surface area contributed by atoms with Gasteiger partial charge in [-0.3, -0.25) is 10.1 Å². The Labute approximate surface area is 151 Å². The molecule has 7 nitrogen and oxygen atoms in total. The topological polar surface area (TPSA) is 93.5 Å². The van der Waals surface area contributed by atoms with Gasteiger partial charge in [0.15, 0.2) is 5.75 Å². The average Bonchev–Trinajstić information content (AvgIpc) is 2.51. The molecule has 126 valence electrons. The van der Waals surface area contributed by atoms with Gasteiger partial charge >= 0.3 is 6.03 Å². The highest BCUT2D eigenvalue weighted by atomic mass is 35.5. The number of ether oxygens (including phenoxy) is 1. The number of nitro groups is 1. The zero-order valence-corrected chi connectivity index (χ0v) is 14.4. The summed E-state index contributed by atoms with van der Waals surface area (Å²) in [5, 5.41) is 15.9. The van der Waals surface area contributed by atoms with Crippen molar-refractivity contribution in [2.75, 3.05) is 12.4 Å². The van der Waals surface area contributed by atoms with Crippen molar-refractivity contribution in [2.24, 2.45) is 0 Å². The van der Waals surface area contributed by atoms with Crippen LogP contribution in [0.2, 0.25) is 15.1 Å². The summed E-state index contributed by atoms with van der Waals surface area (Å²) in [6, 6.07) is 6.18. The number of nitro benzene ring substituents is 1. The summed E-state index contributed by atoms with van der Waals surface area (Å²) >= 11 is 18.2. The largest absolute Gasteiger partial charge is 0.453 e. The van der Waals surface area contributed by atoms with Gasteiger partial charge in [-0.05, 0) is 18.2 Å². The molecule has 2 N–H and O–H groups in total. The molecule has 2 aromatic carbocycles. The Bertz CT molecular complexity index is 791. The molecular formula is C14H10Cl3N3O4. The van der Waals surface area contributed by atoms with Crippen LogP contribution in [0.15, 0.2) is 30.3 Å². The van der Waals surface area contributed by atoms with Crippen LogP contribution in [-0.4, -0.2) is 18.0 Å². The number of carbonyl (C=O) groups is 1. The van der Waals surface area contributed by atoms with E-state index in [1.54, 1.807) is 0 Å². The first-order valence-corrected chi connectivity index (χ1v) is 7.54. The Morgan fingerprint density at radius 2 is 1.75 bits per heavy atom. The predicted octanol–water partition coefficient (Wildman–Crippen LogP) is 5.10. The van der Waals surface area contributed by atoms with Crippen molar-refractivity contribution >= 4 is 52.2 Å². The molecular weight excluding hydrogens is 381 g/mol. The lowest BCUT2D eigenvalue weighted by molar-refractivity contribution is -0.384. The van der Waals surface area contributed by atoms with Crippen LogP contribution in [0.5, 0.6) is 11.5 Å². The number of hydrogen-bond donors (Lipinski definition) is 2. The van der Waals surface area contributed by atoms with Crippen molar-refractivity contribution in [3.05, 3.63) is 55.5 Å².